The van der Waals surface area contributed by atoms with Gasteiger partial charge in [-0.1, -0.05) is 5.22 Å². The van der Waals surface area contributed by atoms with Crippen LogP contribution in [0.3, 0.4) is 0 Å². The van der Waals surface area contributed by atoms with E-state index in [1.54, 1.807) is 0 Å². The summed E-state index contributed by atoms with van der Waals surface area (Å²) in [6, 6.07) is 0.116. The van der Waals surface area contributed by atoms with Crippen LogP contribution in [0.15, 0.2) is 5.22 Å². The van der Waals surface area contributed by atoms with Crippen molar-refractivity contribution in [3.8, 4) is 0 Å². The lowest BCUT2D eigenvalue weighted by molar-refractivity contribution is 0.345. The minimum Gasteiger partial charge on any atom is -0.290 e. The molecule has 0 aliphatic heterocycles. The third-order valence-electron chi connectivity index (χ3n) is 0.777. The topological polar surface area (TPSA) is 63.3 Å². The molecule has 4 nitrogen and oxygen atoms in total. The van der Waals surface area contributed by atoms with E-state index in [9.17, 15) is 0 Å². The second-order valence-electron chi connectivity index (χ2n) is 1.70. The van der Waals surface area contributed by atoms with Gasteiger partial charge in [0.1, 0.15) is 6.34 Å². The first kappa shape index (κ1) is 7.07. The van der Waals surface area contributed by atoms with Crippen molar-refractivity contribution in [3.05, 3.63) is 0 Å². The molecule has 0 atom stereocenters. The van der Waals surface area contributed by atoms with Crippen molar-refractivity contribution in [1.82, 2.24) is 5.01 Å². The van der Waals surface area contributed by atoms with Crippen LogP contribution >= 0.6 is 0 Å². The standard InChI is InChI=1S/C4H10N4/c1-4(2)8(3-5)7-6/h3-6H,1-2H3. The Balaban J connectivity index is 3.68. The van der Waals surface area contributed by atoms with Gasteiger partial charge in [0.25, 0.3) is 0 Å². The van der Waals surface area contributed by atoms with Crippen molar-refractivity contribution in [3.63, 3.8) is 0 Å². The quantitative estimate of drug-likeness (QED) is 0.246. The third kappa shape index (κ3) is 1.68. The summed E-state index contributed by atoms with van der Waals surface area (Å²) in [5.74, 6) is 0. The fraction of sp³-hybridized carbons (Fsp3) is 0.750. The van der Waals surface area contributed by atoms with Gasteiger partial charge in [0.2, 0.25) is 0 Å². The molecule has 4 heteroatoms. The highest BCUT2D eigenvalue weighted by Crippen LogP contribution is 1.91. The van der Waals surface area contributed by atoms with Crippen LogP contribution in [0.1, 0.15) is 13.8 Å². The molecule has 0 heterocycles. The van der Waals surface area contributed by atoms with Crippen molar-refractivity contribution in [2.45, 2.75) is 19.9 Å². The summed E-state index contributed by atoms with van der Waals surface area (Å²) < 4.78 is 0. The lowest BCUT2D eigenvalue weighted by Gasteiger charge is -2.12. The molecule has 0 saturated heterocycles. The van der Waals surface area contributed by atoms with Crippen LogP contribution in [0, 0.1) is 10.9 Å². The second-order valence-corrected chi connectivity index (χ2v) is 1.70. The molecule has 0 rings (SSSR count). The molecule has 0 bridgehead atoms. The molecule has 0 spiro atoms. The Morgan fingerprint density at radius 1 is 1.62 bits per heavy atom. The van der Waals surface area contributed by atoms with E-state index in [-0.39, 0.29) is 6.04 Å². The highest BCUT2D eigenvalue weighted by Gasteiger charge is 1.98. The van der Waals surface area contributed by atoms with E-state index in [2.05, 4.69) is 5.22 Å². The molecule has 8 heavy (non-hydrogen) atoms. The van der Waals surface area contributed by atoms with Crippen molar-refractivity contribution in [2.75, 3.05) is 0 Å². The normalized spacial score (nSPS) is 8.88. The van der Waals surface area contributed by atoms with Crippen LogP contribution in [0.5, 0.6) is 0 Å². The zero-order valence-corrected chi connectivity index (χ0v) is 5.05. The van der Waals surface area contributed by atoms with Crippen LogP contribution in [-0.4, -0.2) is 17.4 Å². The van der Waals surface area contributed by atoms with Crippen LogP contribution < -0.4 is 0 Å². The molecular weight excluding hydrogens is 104 g/mol. The number of hydrogen-bond acceptors (Lipinski definition) is 3. The maximum absolute atomic E-state index is 6.68. The molecule has 0 radical (unpaired) electrons. The molecule has 0 aliphatic rings. The van der Waals surface area contributed by atoms with E-state index in [0.717, 1.165) is 6.34 Å². The van der Waals surface area contributed by atoms with E-state index in [1.807, 2.05) is 13.8 Å². The predicted octanol–water partition coefficient (Wildman–Crippen LogP) is 1.25. The lowest BCUT2D eigenvalue weighted by atomic mass is 10.4. The van der Waals surface area contributed by atoms with Gasteiger partial charge in [-0.3, -0.25) is 5.41 Å². The van der Waals surface area contributed by atoms with Gasteiger partial charge in [0.15, 0.2) is 0 Å². The first-order valence-electron chi connectivity index (χ1n) is 2.38. The molecule has 46 valence electrons. The predicted molar refractivity (Wildman–Crippen MR) is 30.9 cm³/mol. The molecule has 0 aromatic heterocycles. The smallest absolute Gasteiger partial charge is 0.105 e. The summed E-state index contributed by atoms with van der Waals surface area (Å²) in [7, 11) is 0. The Bertz CT molecular complexity index is 80.0. The summed E-state index contributed by atoms with van der Waals surface area (Å²) in [5, 5.41) is 11.0. The van der Waals surface area contributed by atoms with E-state index in [0.29, 0.717) is 0 Å². The molecule has 0 amide bonds. The minimum absolute atomic E-state index is 0.116. The SMILES string of the molecule is CC(C)N(C=N)N=N. The van der Waals surface area contributed by atoms with Gasteiger partial charge < -0.3 is 0 Å². The van der Waals surface area contributed by atoms with Crippen LogP contribution in [-0.2, 0) is 0 Å². The Kier molecular flexibility index (Phi) is 2.76. The molecule has 0 aromatic rings. The van der Waals surface area contributed by atoms with Gasteiger partial charge in [-0.2, -0.15) is 5.53 Å². The van der Waals surface area contributed by atoms with Gasteiger partial charge in [-0.15, -0.1) is 0 Å². The van der Waals surface area contributed by atoms with E-state index < -0.39 is 0 Å². The summed E-state index contributed by atoms with van der Waals surface area (Å²) in [6.07, 6.45) is 1.03. The zero-order valence-electron chi connectivity index (χ0n) is 5.05. The molecular formula is C4H10N4. The summed E-state index contributed by atoms with van der Waals surface area (Å²) >= 11 is 0. The van der Waals surface area contributed by atoms with Gasteiger partial charge in [0, 0.05) is 6.04 Å². The van der Waals surface area contributed by atoms with Crippen LogP contribution in [0.4, 0.5) is 0 Å². The highest BCUT2D eigenvalue weighted by atomic mass is 15.5. The van der Waals surface area contributed by atoms with Gasteiger partial charge in [-0.25, -0.2) is 5.01 Å². The summed E-state index contributed by atoms with van der Waals surface area (Å²) in [6.45, 7) is 3.73. The molecule has 0 saturated carbocycles. The Hall–Kier alpha value is -0.930. The number of rotatable bonds is 3. The largest absolute Gasteiger partial charge is 0.290 e. The minimum atomic E-state index is 0.116. The number of nitrogens with one attached hydrogen (secondary N) is 2. The molecule has 0 fully saturated rings. The van der Waals surface area contributed by atoms with Gasteiger partial charge in [-0.05, 0) is 13.8 Å². The van der Waals surface area contributed by atoms with Crippen LogP contribution in [0.2, 0.25) is 0 Å². The summed E-state index contributed by atoms with van der Waals surface area (Å²) in [4.78, 5) is 0. The fourth-order valence-electron chi connectivity index (χ4n) is 0.293. The Morgan fingerprint density at radius 2 is 2.12 bits per heavy atom. The average molecular weight is 114 g/mol. The first-order chi connectivity index (χ1) is 3.72. The van der Waals surface area contributed by atoms with Crippen molar-refractivity contribution < 1.29 is 0 Å². The van der Waals surface area contributed by atoms with Crippen molar-refractivity contribution in [2.24, 2.45) is 5.22 Å². The number of nitrogens with zero attached hydrogens (tertiary/aromatic N) is 2. The first-order valence-corrected chi connectivity index (χ1v) is 2.38. The Morgan fingerprint density at radius 3 is 2.12 bits per heavy atom. The summed E-state index contributed by atoms with van der Waals surface area (Å²) in [5.41, 5.74) is 6.49. The van der Waals surface area contributed by atoms with Crippen LogP contribution in [0.25, 0.3) is 0 Å². The lowest BCUT2D eigenvalue weighted by Crippen LogP contribution is -2.22. The molecule has 0 aliphatic carbocycles. The average Bonchev–Trinajstić information content (AvgIpc) is 1.69. The highest BCUT2D eigenvalue weighted by molar-refractivity contribution is 5.49. The molecule has 0 unspecified atom stereocenters. The third-order valence-corrected chi connectivity index (χ3v) is 0.777. The van der Waals surface area contributed by atoms with E-state index in [4.69, 9.17) is 10.9 Å². The maximum atomic E-state index is 6.68. The zero-order chi connectivity index (χ0) is 6.57. The van der Waals surface area contributed by atoms with Gasteiger partial charge >= 0.3 is 0 Å². The van der Waals surface area contributed by atoms with E-state index >= 15 is 0 Å². The molecule has 2 N–H and O–H groups in total. The molecule has 0 aromatic carbocycles. The fourth-order valence-corrected chi connectivity index (χ4v) is 0.293. The second kappa shape index (κ2) is 3.12. The van der Waals surface area contributed by atoms with Crippen molar-refractivity contribution >= 4 is 6.34 Å². The number of hydrogen-bond donors (Lipinski definition) is 2. The van der Waals surface area contributed by atoms with E-state index in [1.165, 1.54) is 5.01 Å². The van der Waals surface area contributed by atoms with Crippen molar-refractivity contribution in [1.29, 1.82) is 10.9 Å². The monoisotopic (exact) mass is 114 g/mol. The van der Waals surface area contributed by atoms with Gasteiger partial charge in [0.05, 0.1) is 0 Å². The Labute approximate surface area is 48.5 Å². The maximum Gasteiger partial charge on any atom is 0.105 e.